The van der Waals surface area contributed by atoms with E-state index in [2.05, 4.69) is 10.1 Å². The van der Waals surface area contributed by atoms with Gasteiger partial charge in [0, 0.05) is 18.3 Å². The van der Waals surface area contributed by atoms with E-state index in [1.807, 2.05) is 20.0 Å². The smallest absolute Gasteiger partial charge is 0.338 e. The number of allylic oxidation sites excluding steroid dienone is 1. The van der Waals surface area contributed by atoms with Crippen LogP contribution < -0.4 is 24.4 Å². The molecule has 0 radical (unpaired) electrons. The van der Waals surface area contributed by atoms with Crippen molar-refractivity contribution in [2.45, 2.75) is 26.8 Å². The zero-order valence-corrected chi connectivity index (χ0v) is 20.7. The maximum absolute atomic E-state index is 13.7. The molecule has 0 spiro atoms. The van der Waals surface area contributed by atoms with E-state index in [0.29, 0.717) is 37.7 Å². The van der Waals surface area contributed by atoms with Crippen LogP contribution in [-0.4, -0.2) is 41.1 Å². The van der Waals surface area contributed by atoms with E-state index in [-0.39, 0.29) is 12.2 Å². The number of rotatable bonds is 6. The summed E-state index contributed by atoms with van der Waals surface area (Å²) in [6, 6.07) is 4.60. The lowest BCUT2D eigenvalue weighted by Crippen LogP contribution is -2.40. The molecule has 1 aliphatic rings. The number of aryl methyl sites for hydroxylation is 1. The molecule has 0 fully saturated rings. The molecule has 0 saturated carbocycles. The fourth-order valence-electron chi connectivity index (χ4n) is 3.93. The number of carbonyl (C=O) groups excluding carboxylic acids is 1. The van der Waals surface area contributed by atoms with Crippen molar-refractivity contribution in [2.75, 3.05) is 20.8 Å². The first-order valence-corrected chi connectivity index (χ1v) is 11.5. The van der Waals surface area contributed by atoms with Crippen LogP contribution in [0, 0.1) is 6.92 Å². The van der Waals surface area contributed by atoms with Crippen molar-refractivity contribution in [2.24, 2.45) is 12.0 Å². The Kier molecular flexibility index (Phi) is 6.43. The molecule has 0 N–H and O–H groups in total. The lowest BCUT2D eigenvalue weighted by atomic mass is 9.95. The van der Waals surface area contributed by atoms with Gasteiger partial charge >= 0.3 is 5.97 Å². The monoisotopic (exact) mass is 482 g/mol. The lowest BCUT2D eigenvalue weighted by molar-refractivity contribution is -0.139. The van der Waals surface area contributed by atoms with Gasteiger partial charge in [-0.2, -0.15) is 5.10 Å². The van der Waals surface area contributed by atoms with Gasteiger partial charge in [-0.15, -0.1) is 0 Å². The van der Waals surface area contributed by atoms with Gasteiger partial charge in [0.05, 0.1) is 48.9 Å². The van der Waals surface area contributed by atoms with Gasteiger partial charge < -0.3 is 14.2 Å². The number of carbonyl (C=O) groups is 1. The number of aromatic nitrogens is 3. The van der Waals surface area contributed by atoms with Crippen molar-refractivity contribution in [3.05, 3.63) is 72.2 Å². The van der Waals surface area contributed by atoms with Crippen LogP contribution in [0.1, 0.15) is 36.7 Å². The standard InChI is InChI=1S/C24H26N4O5S/c1-7-33-23(30)20-13(2)26-24-28(21(20)15-8-9-17(31-5)18(10-15)32-6)22(29)19(34-24)11-16-12-25-27(4)14(16)3/h8-12,21H,7H2,1-6H3/t21-/m0/s1. The molecule has 2 aromatic heterocycles. The average molecular weight is 483 g/mol. The third-order valence-corrected chi connectivity index (χ3v) is 6.78. The van der Waals surface area contributed by atoms with Crippen molar-refractivity contribution in [1.82, 2.24) is 14.3 Å². The van der Waals surface area contributed by atoms with Crippen molar-refractivity contribution in [3.8, 4) is 11.5 Å². The maximum atomic E-state index is 13.7. The van der Waals surface area contributed by atoms with E-state index in [1.54, 1.807) is 54.6 Å². The molecular formula is C24H26N4O5S. The molecule has 3 heterocycles. The highest BCUT2D eigenvalue weighted by Gasteiger charge is 2.34. The number of hydrogen-bond acceptors (Lipinski definition) is 8. The highest BCUT2D eigenvalue weighted by Crippen LogP contribution is 2.36. The highest BCUT2D eigenvalue weighted by atomic mass is 32.1. The predicted molar refractivity (Wildman–Crippen MR) is 128 cm³/mol. The summed E-state index contributed by atoms with van der Waals surface area (Å²) in [4.78, 5) is 31.8. The maximum Gasteiger partial charge on any atom is 0.338 e. The molecule has 3 aromatic rings. The predicted octanol–water partition coefficient (Wildman–Crippen LogP) is 1.86. The number of benzene rings is 1. The molecule has 178 valence electrons. The Morgan fingerprint density at radius 1 is 1.21 bits per heavy atom. The van der Waals surface area contributed by atoms with E-state index in [4.69, 9.17) is 14.2 Å². The molecule has 34 heavy (non-hydrogen) atoms. The van der Waals surface area contributed by atoms with Crippen LogP contribution in [0.15, 0.2) is 45.5 Å². The Labute approximate surface area is 200 Å². The Morgan fingerprint density at radius 2 is 1.94 bits per heavy atom. The first kappa shape index (κ1) is 23.5. The third-order valence-electron chi connectivity index (χ3n) is 5.80. The quantitative estimate of drug-likeness (QED) is 0.498. The molecule has 0 bridgehead atoms. The Hall–Kier alpha value is -3.66. The number of hydrogen-bond donors (Lipinski definition) is 0. The number of ether oxygens (including phenoxy) is 3. The van der Waals surface area contributed by atoms with Crippen molar-refractivity contribution < 1.29 is 19.0 Å². The van der Waals surface area contributed by atoms with Gasteiger partial charge in [-0.3, -0.25) is 14.0 Å². The number of thiazole rings is 1. The van der Waals surface area contributed by atoms with Crippen molar-refractivity contribution in [3.63, 3.8) is 0 Å². The first-order valence-electron chi connectivity index (χ1n) is 10.7. The molecule has 1 atom stereocenters. The summed E-state index contributed by atoms with van der Waals surface area (Å²) in [5, 5.41) is 4.25. The van der Waals surface area contributed by atoms with Gasteiger partial charge in [-0.25, -0.2) is 9.79 Å². The van der Waals surface area contributed by atoms with Crippen LogP contribution in [-0.2, 0) is 16.6 Å². The highest BCUT2D eigenvalue weighted by molar-refractivity contribution is 7.07. The minimum atomic E-state index is -0.729. The van der Waals surface area contributed by atoms with Crippen molar-refractivity contribution >= 4 is 23.4 Å². The van der Waals surface area contributed by atoms with Crippen LogP contribution >= 0.6 is 11.3 Å². The molecule has 0 saturated heterocycles. The summed E-state index contributed by atoms with van der Waals surface area (Å²) in [5.74, 6) is 0.524. The molecule has 1 aliphatic heterocycles. The van der Waals surface area contributed by atoms with E-state index >= 15 is 0 Å². The van der Waals surface area contributed by atoms with Crippen LogP contribution in [0.25, 0.3) is 6.08 Å². The second-order valence-electron chi connectivity index (χ2n) is 7.73. The van der Waals surface area contributed by atoms with E-state index in [9.17, 15) is 9.59 Å². The molecule has 0 aliphatic carbocycles. The minimum Gasteiger partial charge on any atom is -0.493 e. The van der Waals surface area contributed by atoms with Crippen molar-refractivity contribution in [1.29, 1.82) is 0 Å². The molecule has 4 rings (SSSR count). The summed E-state index contributed by atoms with van der Waals surface area (Å²) in [5.41, 5.74) is 3.03. The number of esters is 1. The second kappa shape index (κ2) is 9.30. The summed E-state index contributed by atoms with van der Waals surface area (Å²) >= 11 is 1.27. The lowest BCUT2D eigenvalue weighted by Gasteiger charge is -2.25. The van der Waals surface area contributed by atoms with Gasteiger partial charge in [0.15, 0.2) is 16.3 Å². The molecule has 9 nitrogen and oxygen atoms in total. The van der Waals surface area contributed by atoms with Crippen LogP contribution in [0.3, 0.4) is 0 Å². The second-order valence-corrected chi connectivity index (χ2v) is 8.73. The molecule has 10 heteroatoms. The molecule has 0 unspecified atom stereocenters. The number of methoxy groups -OCH3 is 2. The minimum absolute atomic E-state index is 0.207. The Balaban J connectivity index is 1.98. The Morgan fingerprint density at radius 3 is 2.56 bits per heavy atom. The molecular weight excluding hydrogens is 456 g/mol. The molecule has 0 amide bonds. The first-order chi connectivity index (χ1) is 16.3. The van der Waals surface area contributed by atoms with Crippen LogP contribution in [0.4, 0.5) is 0 Å². The third kappa shape index (κ3) is 3.94. The summed E-state index contributed by atoms with van der Waals surface area (Å²) in [6.45, 7) is 5.64. The summed E-state index contributed by atoms with van der Waals surface area (Å²) in [6.07, 6.45) is 3.52. The fourth-order valence-corrected chi connectivity index (χ4v) is 4.97. The zero-order chi connectivity index (χ0) is 24.6. The summed E-state index contributed by atoms with van der Waals surface area (Å²) in [7, 11) is 4.94. The topological polar surface area (TPSA) is 96.9 Å². The molecule has 1 aromatic carbocycles. The number of fused-ring (bicyclic) bond motifs is 1. The van der Waals surface area contributed by atoms with Gasteiger partial charge in [0.1, 0.15) is 0 Å². The zero-order valence-electron chi connectivity index (χ0n) is 19.9. The summed E-state index contributed by atoms with van der Waals surface area (Å²) < 4.78 is 20.0. The van der Waals surface area contributed by atoms with Gasteiger partial charge in [0.2, 0.25) is 0 Å². The van der Waals surface area contributed by atoms with Crippen LogP contribution in [0.5, 0.6) is 11.5 Å². The average Bonchev–Trinajstić information content (AvgIpc) is 3.30. The van der Waals surface area contributed by atoms with E-state index < -0.39 is 12.0 Å². The van der Waals surface area contributed by atoms with E-state index in [0.717, 1.165) is 11.3 Å². The Bertz CT molecular complexity index is 1480. The van der Waals surface area contributed by atoms with Gasteiger partial charge in [0.25, 0.3) is 5.56 Å². The largest absolute Gasteiger partial charge is 0.493 e. The fraction of sp³-hybridized carbons (Fsp3) is 0.333. The van der Waals surface area contributed by atoms with Gasteiger partial charge in [-0.05, 0) is 44.5 Å². The van der Waals surface area contributed by atoms with E-state index in [1.165, 1.54) is 18.4 Å². The van der Waals surface area contributed by atoms with Crippen LogP contribution in [0.2, 0.25) is 0 Å². The number of nitrogens with zero attached hydrogens (tertiary/aromatic N) is 4. The normalized spacial score (nSPS) is 15.7. The SMILES string of the molecule is CCOC(=O)C1=C(C)N=c2sc(=Cc3cnn(C)c3C)c(=O)n2[C@H]1c1ccc(OC)c(OC)c1. The van der Waals surface area contributed by atoms with Gasteiger partial charge in [-0.1, -0.05) is 17.4 Å².